The normalized spacial score (nSPS) is 8.91. The molecule has 0 atom stereocenters. The third kappa shape index (κ3) is 3.92. The van der Waals surface area contributed by atoms with Crippen molar-refractivity contribution in [1.29, 1.82) is 0 Å². The summed E-state index contributed by atoms with van der Waals surface area (Å²) in [5.74, 6) is 6.13. The van der Waals surface area contributed by atoms with Gasteiger partial charge in [-0.3, -0.25) is 0 Å². The Hall–Kier alpha value is 0.174. The summed E-state index contributed by atoms with van der Waals surface area (Å²) in [6.45, 7) is 0.209. The second-order valence-corrected chi connectivity index (χ2v) is 1.92. The molecule has 0 heterocycles. The van der Waals surface area contributed by atoms with Crippen LogP contribution in [0.3, 0.4) is 0 Å². The number of hydrogen-bond acceptors (Lipinski definition) is 1. The number of hydrogen-bond donors (Lipinski definition) is 0. The Bertz CT molecular complexity index is 202. The van der Waals surface area contributed by atoms with E-state index in [4.69, 9.17) is 5.90 Å². The molecule has 57 valence electrons. The van der Waals surface area contributed by atoms with Crippen molar-refractivity contribution in [1.82, 2.24) is 0 Å². The smallest absolute Gasteiger partial charge is 0.123 e. The van der Waals surface area contributed by atoms with Gasteiger partial charge in [-0.15, -0.1) is 0 Å². The van der Waals surface area contributed by atoms with Crippen molar-refractivity contribution in [3.05, 3.63) is 41.5 Å². The van der Waals surface area contributed by atoms with Gasteiger partial charge in [-0.25, -0.2) is 4.39 Å². The van der Waals surface area contributed by atoms with E-state index in [1.165, 1.54) is 12.1 Å². The van der Waals surface area contributed by atoms with E-state index in [0.717, 1.165) is 5.56 Å². The fourth-order valence-electron chi connectivity index (χ4n) is 0.664. The molecule has 0 aliphatic rings. The minimum Gasteiger partial charge on any atom is -0.549 e. The molecule has 0 aliphatic carbocycles. The van der Waals surface area contributed by atoms with Gasteiger partial charge in [0, 0.05) is 32.7 Å². The van der Waals surface area contributed by atoms with Crippen LogP contribution in [0.4, 0.5) is 4.39 Å². The molecule has 2 nitrogen and oxygen atoms in total. The van der Waals surface area contributed by atoms with Gasteiger partial charge in [0.15, 0.2) is 0 Å². The maximum Gasteiger partial charge on any atom is 0.123 e. The zero-order chi connectivity index (χ0) is 7.40. The molecule has 0 fully saturated rings. The molecule has 0 aromatic heterocycles. The van der Waals surface area contributed by atoms with Crippen LogP contribution in [-0.4, -0.2) is 0 Å². The molecule has 0 bridgehead atoms. The molecule has 0 amide bonds. The van der Waals surface area contributed by atoms with Crippen molar-refractivity contribution in [2.75, 3.05) is 0 Å². The molecule has 1 rings (SSSR count). The first kappa shape index (κ1) is 11.2. The maximum atomic E-state index is 12.2. The Labute approximate surface area is 89.8 Å². The largest absolute Gasteiger partial charge is 0.549 e. The quantitative estimate of drug-likeness (QED) is 0.715. The van der Waals surface area contributed by atoms with Gasteiger partial charge in [0.1, 0.15) is 5.82 Å². The summed E-state index contributed by atoms with van der Waals surface area (Å²) in [5.41, 5.74) is 0.802. The van der Waals surface area contributed by atoms with E-state index in [-0.39, 0.29) is 45.1 Å². The first-order valence-corrected chi connectivity index (χ1v) is 2.86. The van der Waals surface area contributed by atoms with E-state index in [2.05, 4.69) is 4.84 Å². The van der Waals surface area contributed by atoms with Crippen LogP contribution in [-0.2, 0) is 44.2 Å². The van der Waals surface area contributed by atoms with Crippen molar-refractivity contribution in [3.63, 3.8) is 0 Å². The molecule has 11 heavy (non-hydrogen) atoms. The van der Waals surface area contributed by atoms with E-state index in [1.807, 2.05) is 0 Å². The Morgan fingerprint density at radius 3 is 2.27 bits per heavy atom. The molecule has 0 spiro atoms. The van der Waals surface area contributed by atoms with Crippen LogP contribution in [0.15, 0.2) is 24.3 Å². The summed E-state index contributed by atoms with van der Waals surface area (Å²) >= 11 is 0. The summed E-state index contributed by atoms with van der Waals surface area (Å²) in [4.78, 5) is 4.10. The van der Waals surface area contributed by atoms with Crippen LogP contribution in [0.5, 0.6) is 0 Å². The molecule has 1 aromatic carbocycles. The second-order valence-electron chi connectivity index (χ2n) is 1.92. The molecule has 0 aliphatic heterocycles. The molecular formula is C7H7FNOY-. The van der Waals surface area contributed by atoms with Crippen LogP contribution in [0.2, 0.25) is 0 Å². The molecule has 0 saturated heterocycles. The third-order valence-electron chi connectivity index (χ3n) is 1.15. The van der Waals surface area contributed by atoms with Crippen LogP contribution in [0.1, 0.15) is 5.56 Å². The molecule has 0 saturated carbocycles. The zero-order valence-corrected chi connectivity index (χ0v) is 8.72. The molecule has 1 N–H and O–H groups in total. The summed E-state index contributed by atoms with van der Waals surface area (Å²) in [5, 5.41) is 0. The average Bonchev–Trinajstić information content (AvgIpc) is 1.95. The molecule has 0 unspecified atom stereocenters. The van der Waals surface area contributed by atoms with Gasteiger partial charge in [-0.2, -0.15) is 0 Å². The monoisotopic (exact) mass is 228 g/mol. The molecule has 4 heteroatoms. The number of benzene rings is 1. The van der Waals surface area contributed by atoms with Crippen LogP contribution >= 0.6 is 0 Å². The fourth-order valence-corrected chi connectivity index (χ4v) is 0.664. The van der Waals surface area contributed by atoms with Gasteiger partial charge in [0.05, 0.1) is 6.61 Å². The minimum atomic E-state index is -0.270. The van der Waals surface area contributed by atoms with E-state index in [0.29, 0.717) is 0 Å². The van der Waals surface area contributed by atoms with E-state index < -0.39 is 0 Å². The zero-order valence-electron chi connectivity index (χ0n) is 5.88. The van der Waals surface area contributed by atoms with Gasteiger partial charge >= 0.3 is 0 Å². The summed E-state index contributed by atoms with van der Waals surface area (Å²) in [7, 11) is 0. The molecule has 1 aromatic rings. The van der Waals surface area contributed by atoms with Gasteiger partial charge < -0.3 is 10.7 Å². The number of nitrogens with one attached hydrogen (secondary N) is 1. The van der Waals surface area contributed by atoms with Crippen molar-refractivity contribution < 1.29 is 41.9 Å². The van der Waals surface area contributed by atoms with Crippen LogP contribution in [0, 0.1) is 5.82 Å². The standard InChI is InChI=1S/C7H7FNO.Y/c8-7-3-1-6(2-4-7)5-10-9;/h1-4,9H,5H2;/q-1;/i8-1;. The van der Waals surface area contributed by atoms with E-state index >= 15 is 0 Å². The van der Waals surface area contributed by atoms with E-state index in [9.17, 15) is 4.39 Å². The minimum absolute atomic E-state index is 0. The SMILES string of the molecule is [NH-]OCc1ccc([18F])cc1.[Y]. The Kier molecular flexibility index (Phi) is 5.87. The first-order chi connectivity index (χ1) is 4.83. The van der Waals surface area contributed by atoms with Crippen LogP contribution in [0.25, 0.3) is 5.90 Å². The van der Waals surface area contributed by atoms with E-state index in [1.54, 1.807) is 12.1 Å². The molecular weight excluding hydrogens is 221 g/mol. The first-order valence-electron chi connectivity index (χ1n) is 2.86. The molecule has 1 radical (unpaired) electrons. The Morgan fingerprint density at radius 2 is 1.82 bits per heavy atom. The maximum absolute atomic E-state index is 12.2. The average molecular weight is 228 g/mol. The topological polar surface area (TPSA) is 33.0 Å². The van der Waals surface area contributed by atoms with Crippen molar-refractivity contribution >= 4 is 0 Å². The number of halogens is 1. The van der Waals surface area contributed by atoms with Crippen molar-refractivity contribution in [2.24, 2.45) is 0 Å². The Balaban J connectivity index is 0.000001000. The summed E-state index contributed by atoms with van der Waals surface area (Å²) in [6.07, 6.45) is 0. The van der Waals surface area contributed by atoms with Crippen LogP contribution < -0.4 is 0 Å². The predicted octanol–water partition coefficient (Wildman–Crippen LogP) is 2.31. The fraction of sp³-hybridized carbons (Fsp3) is 0.143. The van der Waals surface area contributed by atoms with Gasteiger partial charge in [0.2, 0.25) is 0 Å². The van der Waals surface area contributed by atoms with Gasteiger partial charge in [-0.05, 0) is 17.7 Å². The van der Waals surface area contributed by atoms with Gasteiger partial charge in [-0.1, -0.05) is 12.1 Å². The third-order valence-corrected chi connectivity index (χ3v) is 1.15. The number of rotatable bonds is 2. The Morgan fingerprint density at radius 1 is 1.27 bits per heavy atom. The van der Waals surface area contributed by atoms with Gasteiger partial charge in [0.25, 0.3) is 0 Å². The predicted molar refractivity (Wildman–Crippen MR) is 35.5 cm³/mol. The summed E-state index contributed by atoms with van der Waals surface area (Å²) in [6, 6.07) is 5.86. The summed E-state index contributed by atoms with van der Waals surface area (Å²) < 4.78 is 12.2. The second kappa shape index (κ2) is 5.78. The van der Waals surface area contributed by atoms with Crippen molar-refractivity contribution in [2.45, 2.75) is 6.61 Å². The van der Waals surface area contributed by atoms with Crippen molar-refractivity contribution in [3.8, 4) is 0 Å².